The molecule has 0 radical (unpaired) electrons. The molecule has 2 fully saturated rings. The molecule has 2 aliphatic rings. The van der Waals surface area contributed by atoms with E-state index in [0.29, 0.717) is 24.1 Å². The summed E-state index contributed by atoms with van der Waals surface area (Å²) in [6.45, 7) is 8.89. The molecule has 0 unspecified atom stereocenters. The number of rotatable bonds is 4. The van der Waals surface area contributed by atoms with Crippen LogP contribution in [0.5, 0.6) is 0 Å². The van der Waals surface area contributed by atoms with Gasteiger partial charge < -0.3 is 5.11 Å². The molecule has 1 aromatic rings. The highest BCUT2D eigenvalue weighted by molar-refractivity contribution is 5.12. The number of hydrogen-bond acceptors (Lipinski definition) is 4. The van der Waals surface area contributed by atoms with Gasteiger partial charge in [0.05, 0.1) is 6.20 Å². The summed E-state index contributed by atoms with van der Waals surface area (Å²) in [4.78, 5) is 4.93. The minimum absolute atomic E-state index is 0.321. The second kappa shape index (κ2) is 5.13. The Morgan fingerprint density at radius 3 is 2.75 bits per heavy atom. The first-order chi connectivity index (χ1) is 9.52. The number of aromatic nitrogens is 2. The smallest absolute Gasteiger partial charge is 0.0534 e. The van der Waals surface area contributed by atoms with E-state index < -0.39 is 0 Å². The number of aliphatic hydroxyl groups excluding tert-OH is 1. The van der Waals surface area contributed by atoms with Crippen LogP contribution in [0.15, 0.2) is 12.4 Å². The maximum absolute atomic E-state index is 9.34. The van der Waals surface area contributed by atoms with E-state index in [2.05, 4.69) is 42.0 Å². The topological polar surface area (TPSA) is 44.5 Å². The largest absolute Gasteiger partial charge is 0.396 e. The third-order valence-electron chi connectivity index (χ3n) is 4.89. The van der Waals surface area contributed by atoms with E-state index in [1.165, 1.54) is 5.56 Å². The van der Waals surface area contributed by atoms with Gasteiger partial charge in [-0.1, -0.05) is 0 Å². The summed E-state index contributed by atoms with van der Waals surface area (Å²) in [5.41, 5.74) is 1.62. The van der Waals surface area contributed by atoms with Crippen molar-refractivity contribution in [3.05, 3.63) is 18.0 Å². The molecule has 112 valence electrons. The average Bonchev–Trinajstić information content (AvgIpc) is 2.94. The molecule has 2 aliphatic heterocycles. The van der Waals surface area contributed by atoms with E-state index >= 15 is 0 Å². The first-order valence-corrected chi connectivity index (χ1v) is 7.60. The lowest BCUT2D eigenvalue weighted by Gasteiger charge is -2.52. The van der Waals surface area contributed by atoms with Gasteiger partial charge >= 0.3 is 0 Å². The highest BCUT2D eigenvalue weighted by Crippen LogP contribution is 2.39. The Balaban J connectivity index is 1.55. The molecule has 2 saturated heterocycles. The number of hydrogen-bond donors (Lipinski definition) is 1. The fourth-order valence-corrected chi connectivity index (χ4v) is 3.73. The van der Waals surface area contributed by atoms with Crippen LogP contribution in [0, 0.1) is 5.92 Å². The molecule has 20 heavy (non-hydrogen) atoms. The monoisotopic (exact) mass is 278 g/mol. The summed E-state index contributed by atoms with van der Waals surface area (Å²) < 4.78 is 2.02. The van der Waals surface area contributed by atoms with Crippen molar-refractivity contribution < 1.29 is 5.11 Å². The second-order valence-corrected chi connectivity index (χ2v) is 6.93. The maximum Gasteiger partial charge on any atom is 0.0534 e. The van der Waals surface area contributed by atoms with Crippen LogP contribution in [0.3, 0.4) is 0 Å². The molecular formula is C15H26N4O. The van der Waals surface area contributed by atoms with Gasteiger partial charge in [-0.2, -0.15) is 5.10 Å². The fourth-order valence-electron chi connectivity index (χ4n) is 3.73. The second-order valence-electron chi connectivity index (χ2n) is 6.93. The average molecular weight is 278 g/mol. The van der Waals surface area contributed by atoms with Gasteiger partial charge in [0, 0.05) is 56.1 Å². The predicted octanol–water partition coefficient (Wildman–Crippen LogP) is 0.962. The lowest BCUT2D eigenvalue weighted by atomic mass is 9.84. The molecule has 3 rings (SSSR count). The summed E-state index contributed by atoms with van der Waals surface area (Å²) in [5, 5.41) is 13.7. The SMILES string of the molecule is CC(C)n1cc(CN2CC3(C[C@@H](CO)CN3C)C2)cn1. The van der Waals surface area contributed by atoms with Gasteiger partial charge in [0.25, 0.3) is 0 Å². The summed E-state index contributed by atoms with van der Waals surface area (Å²) >= 11 is 0. The van der Waals surface area contributed by atoms with E-state index in [4.69, 9.17) is 0 Å². The summed E-state index contributed by atoms with van der Waals surface area (Å²) in [6, 6.07) is 0.428. The van der Waals surface area contributed by atoms with Crippen molar-refractivity contribution in [2.24, 2.45) is 5.92 Å². The summed E-state index contributed by atoms with van der Waals surface area (Å²) in [7, 11) is 2.20. The van der Waals surface area contributed by atoms with Crippen LogP contribution in [0.2, 0.25) is 0 Å². The molecular weight excluding hydrogens is 252 g/mol. The molecule has 3 heterocycles. The van der Waals surface area contributed by atoms with Gasteiger partial charge in [-0.3, -0.25) is 14.5 Å². The minimum Gasteiger partial charge on any atom is -0.396 e. The van der Waals surface area contributed by atoms with Crippen molar-refractivity contribution in [3.63, 3.8) is 0 Å². The van der Waals surface area contributed by atoms with Crippen molar-refractivity contribution in [2.75, 3.05) is 33.3 Å². The molecule has 1 spiro atoms. The number of nitrogens with zero attached hydrogens (tertiary/aromatic N) is 4. The van der Waals surface area contributed by atoms with Crippen LogP contribution in [-0.4, -0.2) is 63.5 Å². The van der Waals surface area contributed by atoms with Gasteiger partial charge in [-0.05, 0) is 33.2 Å². The lowest BCUT2D eigenvalue weighted by molar-refractivity contribution is -0.0223. The lowest BCUT2D eigenvalue weighted by Crippen LogP contribution is -2.66. The van der Waals surface area contributed by atoms with Crippen LogP contribution in [0.25, 0.3) is 0 Å². The van der Waals surface area contributed by atoms with Crippen molar-refractivity contribution in [1.29, 1.82) is 0 Å². The van der Waals surface area contributed by atoms with Crippen molar-refractivity contribution in [2.45, 2.75) is 38.4 Å². The highest BCUT2D eigenvalue weighted by Gasteiger charge is 2.51. The zero-order valence-corrected chi connectivity index (χ0v) is 12.8. The molecule has 0 bridgehead atoms. The van der Waals surface area contributed by atoms with Gasteiger partial charge in [0.15, 0.2) is 0 Å². The van der Waals surface area contributed by atoms with Crippen molar-refractivity contribution in [3.8, 4) is 0 Å². The standard InChI is InChI=1S/C15H26N4O/c1-12(2)19-8-14(5-16-19)7-18-10-15(11-18)4-13(9-20)6-17(15)3/h5,8,12-13,20H,4,6-7,9-11H2,1-3H3/t13-/m1/s1. The quantitative estimate of drug-likeness (QED) is 0.891. The number of likely N-dealkylation sites (N-methyl/N-ethyl adjacent to an activating group) is 1. The van der Waals surface area contributed by atoms with E-state index in [1.54, 1.807) is 0 Å². The van der Waals surface area contributed by atoms with Gasteiger partial charge in [0.2, 0.25) is 0 Å². The molecule has 0 saturated carbocycles. The summed E-state index contributed by atoms with van der Waals surface area (Å²) in [5.74, 6) is 0.464. The Morgan fingerprint density at radius 2 is 2.20 bits per heavy atom. The van der Waals surface area contributed by atoms with Crippen LogP contribution < -0.4 is 0 Å². The highest BCUT2D eigenvalue weighted by atomic mass is 16.3. The minimum atomic E-state index is 0.321. The number of likely N-dealkylation sites (tertiary alicyclic amines) is 2. The van der Waals surface area contributed by atoms with Crippen LogP contribution in [-0.2, 0) is 6.54 Å². The zero-order chi connectivity index (χ0) is 14.3. The van der Waals surface area contributed by atoms with Crippen molar-refractivity contribution >= 4 is 0 Å². The molecule has 0 aliphatic carbocycles. The van der Waals surface area contributed by atoms with E-state index in [1.807, 2.05) is 10.9 Å². The Labute approximate surface area is 121 Å². The molecule has 5 heteroatoms. The Morgan fingerprint density at radius 1 is 1.45 bits per heavy atom. The zero-order valence-electron chi connectivity index (χ0n) is 12.8. The Hall–Kier alpha value is -0.910. The molecule has 0 amide bonds. The fraction of sp³-hybridized carbons (Fsp3) is 0.800. The van der Waals surface area contributed by atoms with Gasteiger partial charge in [-0.15, -0.1) is 0 Å². The van der Waals surface area contributed by atoms with E-state index in [-0.39, 0.29) is 0 Å². The Bertz CT molecular complexity index is 464. The van der Waals surface area contributed by atoms with Gasteiger partial charge in [0.1, 0.15) is 0 Å². The first-order valence-electron chi connectivity index (χ1n) is 7.60. The van der Waals surface area contributed by atoms with Crippen molar-refractivity contribution in [1.82, 2.24) is 19.6 Å². The molecule has 1 atom stereocenters. The molecule has 5 nitrogen and oxygen atoms in total. The first kappa shape index (κ1) is 14.0. The van der Waals surface area contributed by atoms with E-state index in [9.17, 15) is 5.11 Å². The molecule has 1 aromatic heterocycles. The predicted molar refractivity (Wildman–Crippen MR) is 78.4 cm³/mol. The molecule has 0 aromatic carbocycles. The number of aliphatic hydroxyl groups is 1. The van der Waals surface area contributed by atoms with E-state index in [0.717, 1.165) is 32.6 Å². The third kappa shape index (κ3) is 2.38. The Kier molecular flexibility index (Phi) is 3.60. The van der Waals surface area contributed by atoms with Gasteiger partial charge in [-0.25, -0.2) is 0 Å². The van der Waals surface area contributed by atoms with Crippen LogP contribution in [0.1, 0.15) is 31.9 Å². The molecule has 1 N–H and O–H groups in total. The van der Waals surface area contributed by atoms with Crippen LogP contribution in [0.4, 0.5) is 0 Å². The normalized spacial score (nSPS) is 26.6. The summed E-state index contributed by atoms with van der Waals surface area (Å²) in [6.07, 6.45) is 5.28. The van der Waals surface area contributed by atoms with Crippen LogP contribution >= 0.6 is 0 Å². The third-order valence-corrected chi connectivity index (χ3v) is 4.89. The maximum atomic E-state index is 9.34.